The van der Waals surface area contributed by atoms with Crippen LogP contribution in [0.15, 0.2) is 30.5 Å². The summed E-state index contributed by atoms with van der Waals surface area (Å²) in [5.74, 6) is -0.191. The summed E-state index contributed by atoms with van der Waals surface area (Å²) in [6, 6.07) is 6.70. The lowest BCUT2D eigenvalue weighted by Gasteiger charge is -2.06. The maximum atomic E-state index is 13.6. The number of carbonyl (C=O) groups is 1. The number of halogens is 2. The molecule has 1 aliphatic rings. The summed E-state index contributed by atoms with van der Waals surface area (Å²) in [6.07, 6.45) is 3.05. The maximum absolute atomic E-state index is 13.6. The molecular formula is C15H17ClFN3OS. The van der Waals surface area contributed by atoms with Gasteiger partial charge in [-0.2, -0.15) is 0 Å². The number of aromatic nitrogens is 1. The molecular weight excluding hydrogens is 325 g/mol. The average molecular weight is 342 g/mol. The van der Waals surface area contributed by atoms with Crippen LogP contribution in [-0.4, -0.2) is 24.0 Å². The molecule has 1 amide bonds. The molecule has 1 aliphatic heterocycles. The summed E-state index contributed by atoms with van der Waals surface area (Å²) in [7, 11) is 0. The summed E-state index contributed by atoms with van der Waals surface area (Å²) in [4.78, 5) is 17.1. The van der Waals surface area contributed by atoms with Gasteiger partial charge in [-0.05, 0) is 24.6 Å². The molecule has 118 valence electrons. The highest BCUT2D eigenvalue weighted by Crippen LogP contribution is 2.23. The van der Waals surface area contributed by atoms with Gasteiger partial charge in [-0.25, -0.2) is 9.37 Å². The Kier molecular flexibility index (Phi) is 5.88. The number of thiazole rings is 1. The van der Waals surface area contributed by atoms with Crippen molar-refractivity contribution in [2.24, 2.45) is 5.92 Å². The van der Waals surface area contributed by atoms with Crippen molar-refractivity contribution in [1.29, 1.82) is 0 Å². The number of anilines is 1. The molecule has 0 radical (unpaired) electrons. The zero-order chi connectivity index (χ0) is 14.7. The normalized spacial score (nSPS) is 17.0. The number of nitrogens with zero attached hydrogens (tertiary/aromatic N) is 1. The third-order valence-corrected chi connectivity index (χ3v) is 4.45. The summed E-state index contributed by atoms with van der Waals surface area (Å²) < 4.78 is 13.6. The summed E-state index contributed by atoms with van der Waals surface area (Å²) in [5.41, 5.74) is 0.638. The van der Waals surface area contributed by atoms with Crippen molar-refractivity contribution < 1.29 is 9.18 Å². The highest BCUT2D eigenvalue weighted by Gasteiger charge is 2.23. The standard InChI is InChI=1S/C15H16FN3OS.ClH/c16-13-4-2-1-3-10(13)7-12-9-18-15(21-12)19-14(20)11-5-6-17-8-11;/h1-4,9,11,17H,5-8H2,(H,18,19,20);1H. The minimum absolute atomic E-state index is 0. The number of hydrogen-bond acceptors (Lipinski definition) is 4. The van der Waals surface area contributed by atoms with E-state index in [1.54, 1.807) is 18.3 Å². The van der Waals surface area contributed by atoms with Gasteiger partial charge in [0.15, 0.2) is 5.13 Å². The van der Waals surface area contributed by atoms with Crippen molar-refractivity contribution in [2.75, 3.05) is 18.4 Å². The molecule has 2 aromatic rings. The van der Waals surface area contributed by atoms with Crippen LogP contribution in [0.1, 0.15) is 16.9 Å². The van der Waals surface area contributed by atoms with Crippen LogP contribution < -0.4 is 10.6 Å². The van der Waals surface area contributed by atoms with Crippen LogP contribution in [0.25, 0.3) is 0 Å². The van der Waals surface area contributed by atoms with Crippen LogP contribution in [0.2, 0.25) is 0 Å². The van der Waals surface area contributed by atoms with Crippen molar-refractivity contribution in [1.82, 2.24) is 10.3 Å². The van der Waals surface area contributed by atoms with Gasteiger partial charge in [-0.1, -0.05) is 18.2 Å². The molecule has 4 nitrogen and oxygen atoms in total. The highest BCUT2D eigenvalue weighted by atomic mass is 35.5. The zero-order valence-corrected chi connectivity index (χ0v) is 13.5. The van der Waals surface area contributed by atoms with Gasteiger partial charge in [0, 0.05) is 24.0 Å². The second-order valence-corrected chi connectivity index (χ2v) is 6.19. The van der Waals surface area contributed by atoms with E-state index in [2.05, 4.69) is 15.6 Å². The van der Waals surface area contributed by atoms with Crippen molar-refractivity contribution in [3.8, 4) is 0 Å². The van der Waals surface area contributed by atoms with E-state index >= 15 is 0 Å². The predicted octanol–water partition coefficient (Wildman–Crippen LogP) is 2.84. The number of carbonyl (C=O) groups excluding carboxylic acids is 1. The Labute approximate surface area is 138 Å². The van der Waals surface area contributed by atoms with Gasteiger partial charge in [0.2, 0.25) is 5.91 Å². The van der Waals surface area contributed by atoms with Gasteiger partial charge >= 0.3 is 0 Å². The molecule has 2 N–H and O–H groups in total. The number of hydrogen-bond donors (Lipinski definition) is 2. The lowest BCUT2D eigenvalue weighted by molar-refractivity contribution is -0.119. The Morgan fingerprint density at radius 2 is 2.27 bits per heavy atom. The zero-order valence-electron chi connectivity index (χ0n) is 11.8. The van der Waals surface area contributed by atoms with Gasteiger partial charge in [0.05, 0.1) is 5.92 Å². The van der Waals surface area contributed by atoms with E-state index in [9.17, 15) is 9.18 Å². The molecule has 1 aromatic heterocycles. The third kappa shape index (κ3) is 4.03. The quantitative estimate of drug-likeness (QED) is 0.899. The molecule has 1 aromatic carbocycles. The van der Waals surface area contributed by atoms with E-state index in [-0.39, 0.29) is 30.0 Å². The minimum atomic E-state index is -0.214. The van der Waals surface area contributed by atoms with E-state index < -0.39 is 0 Å². The fourth-order valence-corrected chi connectivity index (χ4v) is 3.20. The Morgan fingerprint density at radius 1 is 1.45 bits per heavy atom. The van der Waals surface area contributed by atoms with Gasteiger partial charge in [-0.3, -0.25) is 4.79 Å². The Balaban J connectivity index is 0.00000176. The van der Waals surface area contributed by atoms with E-state index in [0.717, 1.165) is 24.4 Å². The first-order valence-corrected chi connectivity index (χ1v) is 7.74. The number of rotatable bonds is 4. The lowest BCUT2D eigenvalue weighted by Crippen LogP contribution is -2.24. The Bertz CT molecular complexity index is 643. The van der Waals surface area contributed by atoms with Gasteiger partial charge in [-0.15, -0.1) is 23.7 Å². The molecule has 0 spiro atoms. The van der Waals surface area contributed by atoms with Crippen molar-refractivity contribution >= 4 is 34.8 Å². The summed E-state index contributed by atoms with van der Waals surface area (Å²) in [6.45, 7) is 1.60. The monoisotopic (exact) mass is 341 g/mol. The third-order valence-electron chi connectivity index (χ3n) is 3.54. The minimum Gasteiger partial charge on any atom is -0.316 e. The SMILES string of the molecule is Cl.O=C(Nc1ncc(Cc2ccccc2F)s1)C1CCNC1. The molecule has 1 atom stereocenters. The Hall–Kier alpha value is -1.50. The lowest BCUT2D eigenvalue weighted by atomic mass is 10.1. The molecule has 0 aliphatic carbocycles. The topological polar surface area (TPSA) is 54.0 Å². The molecule has 2 heterocycles. The first-order chi connectivity index (χ1) is 10.2. The van der Waals surface area contributed by atoms with Crippen LogP contribution in [0.5, 0.6) is 0 Å². The number of amides is 1. The first-order valence-electron chi connectivity index (χ1n) is 6.92. The van der Waals surface area contributed by atoms with Crippen LogP contribution in [0.4, 0.5) is 9.52 Å². The molecule has 0 saturated carbocycles. The van der Waals surface area contributed by atoms with E-state index in [1.807, 2.05) is 6.07 Å². The average Bonchev–Trinajstić information content (AvgIpc) is 3.13. The van der Waals surface area contributed by atoms with Crippen molar-refractivity contribution in [3.63, 3.8) is 0 Å². The predicted molar refractivity (Wildman–Crippen MR) is 88.2 cm³/mol. The Morgan fingerprint density at radius 3 is 3.00 bits per heavy atom. The molecule has 0 bridgehead atoms. The number of benzene rings is 1. The molecule has 1 fully saturated rings. The van der Waals surface area contributed by atoms with E-state index in [0.29, 0.717) is 17.1 Å². The number of nitrogens with one attached hydrogen (secondary N) is 2. The maximum Gasteiger partial charge on any atom is 0.230 e. The second kappa shape index (κ2) is 7.67. The van der Waals surface area contributed by atoms with Gasteiger partial charge < -0.3 is 10.6 Å². The molecule has 3 rings (SSSR count). The van der Waals surface area contributed by atoms with Gasteiger partial charge in [0.1, 0.15) is 5.82 Å². The second-order valence-electron chi connectivity index (χ2n) is 5.08. The smallest absolute Gasteiger partial charge is 0.230 e. The van der Waals surface area contributed by atoms with E-state index in [4.69, 9.17) is 0 Å². The largest absolute Gasteiger partial charge is 0.316 e. The van der Waals surface area contributed by atoms with Crippen LogP contribution in [0.3, 0.4) is 0 Å². The van der Waals surface area contributed by atoms with Crippen LogP contribution in [-0.2, 0) is 11.2 Å². The summed E-state index contributed by atoms with van der Waals surface area (Å²) >= 11 is 1.39. The first kappa shape index (κ1) is 16.9. The fraction of sp³-hybridized carbons (Fsp3) is 0.333. The molecule has 1 saturated heterocycles. The highest BCUT2D eigenvalue weighted by molar-refractivity contribution is 7.15. The molecule has 1 unspecified atom stereocenters. The van der Waals surface area contributed by atoms with E-state index in [1.165, 1.54) is 17.4 Å². The fourth-order valence-electron chi connectivity index (χ4n) is 2.36. The van der Waals surface area contributed by atoms with Crippen molar-refractivity contribution in [3.05, 3.63) is 46.7 Å². The van der Waals surface area contributed by atoms with Gasteiger partial charge in [0.25, 0.3) is 0 Å². The van der Waals surface area contributed by atoms with Crippen LogP contribution >= 0.6 is 23.7 Å². The molecule has 22 heavy (non-hydrogen) atoms. The van der Waals surface area contributed by atoms with Crippen molar-refractivity contribution in [2.45, 2.75) is 12.8 Å². The summed E-state index contributed by atoms with van der Waals surface area (Å²) in [5, 5.41) is 6.58. The molecule has 7 heteroatoms. The van der Waals surface area contributed by atoms with Crippen LogP contribution in [0, 0.1) is 11.7 Å².